The summed E-state index contributed by atoms with van der Waals surface area (Å²) in [5.74, 6) is 0.717. The van der Waals surface area contributed by atoms with Gasteiger partial charge in [-0.1, -0.05) is 11.8 Å². The molecule has 2 N–H and O–H groups in total. The maximum atomic E-state index is 12.5. The van der Waals surface area contributed by atoms with E-state index in [9.17, 15) is 13.2 Å². The van der Waals surface area contributed by atoms with Crippen LogP contribution in [0.25, 0.3) is 0 Å². The number of hydrogen-bond acceptors (Lipinski definition) is 3. The van der Waals surface area contributed by atoms with Gasteiger partial charge in [-0.15, -0.1) is 0 Å². The van der Waals surface area contributed by atoms with Gasteiger partial charge in [-0.05, 0) is 42.5 Å². The van der Waals surface area contributed by atoms with Crippen molar-refractivity contribution in [1.29, 1.82) is 0 Å². The van der Waals surface area contributed by atoms with Crippen LogP contribution >= 0.6 is 11.8 Å². The molecule has 0 fully saturated rings. The molecule has 2 nitrogen and oxygen atoms in total. The summed E-state index contributed by atoms with van der Waals surface area (Å²) in [5.41, 5.74) is 5.05. The molecule has 2 aromatic carbocycles. The molecule has 0 unspecified atom stereocenters. The number of nitrogen functional groups attached to an aromatic ring is 1. The zero-order chi connectivity index (χ0) is 14.8. The zero-order valence-electron chi connectivity index (χ0n) is 10.6. The number of benzene rings is 2. The van der Waals surface area contributed by atoms with Gasteiger partial charge in [-0.2, -0.15) is 13.2 Å². The number of methoxy groups -OCH3 is 1. The average Bonchev–Trinajstić information content (AvgIpc) is 2.41. The lowest BCUT2D eigenvalue weighted by molar-refractivity contribution is -0.137. The third-order valence-electron chi connectivity index (χ3n) is 2.62. The second-order valence-electron chi connectivity index (χ2n) is 4.03. The molecule has 20 heavy (non-hydrogen) atoms. The van der Waals surface area contributed by atoms with Gasteiger partial charge < -0.3 is 10.5 Å². The molecule has 0 aliphatic heterocycles. The van der Waals surface area contributed by atoms with Crippen LogP contribution in [-0.2, 0) is 6.18 Å². The zero-order valence-corrected chi connectivity index (χ0v) is 11.4. The molecule has 2 rings (SSSR count). The van der Waals surface area contributed by atoms with Gasteiger partial charge in [0.15, 0.2) is 0 Å². The Morgan fingerprint density at radius 2 is 1.70 bits per heavy atom. The van der Waals surface area contributed by atoms with Crippen molar-refractivity contribution in [3.05, 3.63) is 48.0 Å². The quantitative estimate of drug-likeness (QED) is 0.851. The Bertz CT molecular complexity index is 596. The molecule has 0 bridgehead atoms. The first kappa shape index (κ1) is 14.6. The van der Waals surface area contributed by atoms with Gasteiger partial charge in [0.25, 0.3) is 0 Å². The van der Waals surface area contributed by atoms with Crippen molar-refractivity contribution in [2.24, 2.45) is 0 Å². The van der Waals surface area contributed by atoms with E-state index in [0.717, 1.165) is 22.8 Å². The molecule has 0 atom stereocenters. The minimum Gasteiger partial charge on any atom is -0.497 e. The smallest absolute Gasteiger partial charge is 0.416 e. The Hall–Kier alpha value is -1.82. The number of halogens is 3. The van der Waals surface area contributed by atoms with Gasteiger partial charge >= 0.3 is 6.18 Å². The van der Waals surface area contributed by atoms with Crippen LogP contribution in [0.5, 0.6) is 5.75 Å². The van der Waals surface area contributed by atoms with Crippen molar-refractivity contribution in [3.8, 4) is 5.75 Å². The standard InChI is InChI=1S/C14H12F3NOS/c1-19-10-3-5-11(6-4-10)20-13-7-2-9(8-12(13)18)14(15,16)17/h2-8H,18H2,1H3. The second kappa shape index (κ2) is 5.66. The predicted octanol–water partition coefficient (Wildman–Crippen LogP) is 4.45. The van der Waals surface area contributed by atoms with E-state index < -0.39 is 11.7 Å². The molecular formula is C14H12F3NOS. The third-order valence-corrected chi connectivity index (χ3v) is 3.72. The van der Waals surface area contributed by atoms with E-state index in [4.69, 9.17) is 10.5 Å². The monoisotopic (exact) mass is 299 g/mol. The Kier molecular flexibility index (Phi) is 4.13. The number of alkyl halides is 3. The topological polar surface area (TPSA) is 35.2 Å². The minimum atomic E-state index is -4.38. The Morgan fingerprint density at radius 1 is 1.05 bits per heavy atom. The van der Waals surface area contributed by atoms with Crippen molar-refractivity contribution < 1.29 is 17.9 Å². The number of nitrogens with two attached hydrogens (primary N) is 1. The molecule has 6 heteroatoms. The summed E-state index contributed by atoms with van der Waals surface area (Å²) >= 11 is 1.30. The van der Waals surface area contributed by atoms with Crippen molar-refractivity contribution in [2.75, 3.05) is 12.8 Å². The summed E-state index contributed by atoms with van der Waals surface area (Å²) in [5, 5.41) is 0. The third kappa shape index (κ3) is 3.39. The second-order valence-corrected chi connectivity index (χ2v) is 5.14. The highest BCUT2D eigenvalue weighted by Gasteiger charge is 2.30. The van der Waals surface area contributed by atoms with E-state index in [1.807, 2.05) is 12.1 Å². The number of ether oxygens (including phenoxy) is 1. The van der Waals surface area contributed by atoms with E-state index in [1.165, 1.54) is 17.8 Å². The fraction of sp³-hybridized carbons (Fsp3) is 0.143. The summed E-state index contributed by atoms with van der Waals surface area (Å²) in [6.07, 6.45) is -4.38. The molecule has 0 heterocycles. The van der Waals surface area contributed by atoms with Crippen LogP contribution in [-0.4, -0.2) is 7.11 Å². The van der Waals surface area contributed by atoms with Gasteiger partial charge in [-0.3, -0.25) is 0 Å². The number of hydrogen-bond donors (Lipinski definition) is 1. The highest BCUT2D eigenvalue weighted by atomic mass is 32.2. The van der Waals surface area contributed by atoms with Gasteiger partial charge in [-0.25, -0.2) is 0 Å². The number of anilines is 1. The maximum absolute atomic E-state index is 12.5. The van der Waals surface area contributed by atoms with Crippen LogP contribution in [0.3, 0.4) is 0 Å². The van der Waals surface area contributed by atoms with Crippen LogP contribution in [0.4, 0.5) is 18.9 Å². The van der Waals surface area contributed by atoms with Crippen molar-refractivity contribution >= 4 is 17.4 Å². The first-order chi connectivity index (χ1) is 9.40. The van der Waals surface area contributed by atoms with Crippen LogP contribution < -0.4 is 10.5 Å². The summed E-state index contributed by atoms with van der Waals surface area (Å²) in [4.78, 5) is 1.46. The van der Waals surface area contributed by atoms with Crippen molar-refractivity contribution in [2.45, 2.75) is 16.0 Å². The normalized spacial score (nSPS) is 11.4. The average molecular weight is 299 g/mol. The van der Waals surface area contributed by atoms with Gasteiger partial charge in [0.1, 0.15) is 5.75 Å². The molecule has 2 aromatic rings. The molecule has 0 radical (unpaired) electrons. The van der Waals surface area contributed by atoms with Crippen LogP contribution in [0.2, 0.25) is 0 Å². The molecule has 106 valence electrons. The van der Waals surface area contributed by atoms with Crippen LogP contribution in [0, 0.1) is 0 Å². The minimum absolute atomic E-state index is 0.112. The van der Waals surface area contributed by atoms with E-state index in [2.05, 4.69) is 0 Å². The lowest BCUT2D eigenvalue weighted by atomic mass is 10.2. The molecule has 0 aliphatic rings. The van der Waals surface area contributed by atoms with E-state index in [0.29, 0.717) is 4.90 Å². The predicted molar refractivity (Wildman–Crippen MR) is 73.0 cm³/mol. The van der Waals surface area contributed by atoms with E-state index >= 15 is 0 Å². The molecule has 0 saturated heterocycles. The van der Waals surface area contributed by atoms with E-state index in [1.54, 1.807) is 19.2 Å². The summed E-state index contributed by atoms with van der Waals surface area (Å²) in [6, 6.07) is 10.6. The first-order valence-corrected chi connectivity index (χ1v) is 6.50. The Morgan fingerprint density at radius 3 is 2.20 bits per heavy atom. The van der Waals surface area contributed by atoms with Gasteiger partial charge in [0.2, 0.25) is 0 Å². The lowest BCUT2D eigenvalue weighted by Gasteiger charge is -2.10. The summed E-state index contributed by atoms with van der Waals surface area (Å²) < 4.78 is 42.6. The first-order valence-electron chi connectivity index (χ1n) is 5.69. The van der Waals surface area contributed by atoms with Gasteiger partial charge in [0.05, 0.1) is 12.7 Å². The highest BCUT2D eigenvalue weighted by Crippen LogP contribution is 2.37. The number of rotatable bonds is 3. The highest BCUT2D eigenvalue weighted by molar-refractivity contribution is 7.99. The molecule has 0 spiro atoms. The fourth-order valence-corrected chi connectivity index (χ4v) is 2.43. The Labute approximate surface area is 118 Å². The fourth-order valence-electron chi connectivity index (χ4n) is 1.59. The summed E-state index contributed by atoms with van der Waals surface area (Å²) in [6.45, 7) is 0. The van der Waals surface area contributed by atoms with Crippen LogP contribution in [0.1, 0.15) is 5.56 Å². The SMILES string of the molecule is COc1ccc(Sc2ccc(C(F)(F)F)cc2N)cc1. The molecule has 0 saturated carbocycles. The lowest BCUT2D eigenvalue weighted by Crippen LogP contribution is -2.05. The van der Waals surface area contributed by atoms with Gasteiger partial charge in [0, 0.05) is 15.5 Å². The maximum Gasteiger partial charge on any atom is 0.416 e. The molecule has 0 aliphatic carbocycles. The molecular weight excluding hydrogens is 287 g/mol. The summed E-state index contributed by atoms with van der Waals surface area (Å²) in [7, 11) is 1.57. The largest absolute Gasteiger partial charge is 0.497 e. The Balaban J connectivity index is 2.21. The van der Waals surface area contributed by atoms with Crippen molar-refractivity contribution in [1.82, 2.24) is 0 Å². The van der Waals surface area contributed by atoms with Crippen LogP contribution in [0.15, 0.2) is 52.3 Å². The molecule has 0 amide bonds. The molecule has 0 aromatic heterocycles. The van der Waals surface area contributed by atoms with E-state index in [-0.39, 0.29) is 5.69 Å². The van der Waals surface area contributed by atoms with Crippen molar-refractivity contribution in [3.63, 3.8) is 0 Å².